The molecule has 1 aromatic carbocycles. The third-order valence-electron chi connectivity index (χ3n) is 2.33. The Labute approximate surface area is 128 Å². The number of nitrogens with zero attached hydrogens (tertiary/aromatic N) is 1. The van der Waals surface area contributed by atoms with Gasteiger partial charge in [-0.1, -0.05) is 35.5 Å². The van der Waals surface area contributed by atoms with Crippen molar-refractivity contribution in [3.63, 3.8) is 0 Å². The molecule has 0 amide bonds. The lowest BCUT2D eigenvalue weighted by molar-refractivity contribution is 0.807. The lowest BCUT2D eigenvalue weighted by Gasteiger charge is -2.02. The highest BCUT2D eigenvalue weighted by Gasteiger charge is 2.02. The first kappa shape index (κ1) is 15.2. The minimum Gasteiger partial charge on any atom is -0.271 e. The fourth-order valence-electron chi connectivity index (χ4n) is 1.40. The van der Waals surface area contributed by atoms with Gasteiger partial charge in [0.2, 0.25) is 0 Å². The molecule has 0 saturated heterocycles. The van der Waals surface area contributed by atoms with Crippen LogP contribution < -0.4 is 11.2 Å². The maximum atomic E-state index is 11.4. The lowest BCUT2D eigenvalue weighted by atomic mass is 10.2. The molecule has 1 aromatic heterocycles. The molecule has 1 heterocycles. The average Bonchev–Trinajstić information content (AvgIpc) is 2.42. The van der Waals surface area contributed by atoms with Gasteiger partial charge in [-0.2, -0.15) is 16.9 Å². The summed E-state index contributed by atoms with van der Waals surface area (Å²) in [6, 6.07) is 7.74. The summed E-state index contributed by atoms with van der Waals surface area (Å²) in [5, 5.41) is 6.94. The van der Waals surface area contributed by atoms with Gasteiger partial charge in [0.15, 0.2) is 5.03 Å². The summed E-state index contributed by atoms with van der Waals surface area (Å²) < 4.78 is 0. The topological polar surface area (TPSA) is 78.6 Å². The van der Waals surface area contributed by atoms with E-state index in [0.29, 0.717) is 0 Å². The van der Waals surface area contributed by atoms with Crippen LogP contribution in [0.5, 0.6) is 0 Å². The smallest absolute Gasteiger partial charge is 0.271 e. The summed E-state index contributed by atoms with van der Waals surface area (Å²) in [6.07, 6.45) is 0. The molecule has 0 atom stereocenters. The van der Waals surface area contributed by atoms with E-state index < -0.39 is 11.2 Å². The van der Waals surface area contributed by atoms with Gasteiger partial charge < -0.3 is 0 Å². The zero-order valence-electron chi connectivity index (χ0n) is 10.4. The Hall–Kier alpha value is -1.18. The first-order valence-electron chi connectivity index (χ1n) is 5.79. The average molecular weight is 330 g/mol. The first-order valence-corrected chi connectivity index (χ1v) is 8.31. The Morgan fingerprint density at radius 2 is 1.90 bits per heavy atom. The number of thioether (sulfide) groups is 2. The van der Waals surface area contributed by atoms with Gasteiger partial charge in [-0.25, -0.2) is 9.89 Å². The molecule has 2 aromatic rings. The second kappa shape index (κ2) is 7.56. The van der Waals surface area contributed by atoms with E-state index in [4.69, 9.17) is 11.6 Å². The maximum Gasteiger partial charge on any atom is 0.342 e. The van der Waals surface area contributed by atoms with Crippen LogP contribution in [0, 0.1) is 0 Å². The largest absolute Gasteiger partial charge is 0.342 e. The number of hydrogen-bond acceptors (Lipinski definition) is 5. The van der Waals surface area contributed by atoms with Crippen LogP contribution in [0.15, 0.2) is 38.9 Å². The van der Waals surface area contributed by atoms with Gasteiger partial charge in [0, 0.05) is 22.3 Å². The Morgan fingerprint density at radius 1 is 1.15 bits per heavy atom. The van der Waals surface area contributed by atoms with Crippen molar-refractivity contribution in [2.45, 2.75) is 10.8 Å². The maximum absolute atomic E-state index is 11.4. The third kappa shape index (κ3) is 4.73. The summed E-state index contributed by atoms with van der Waals surface area (Å²) in [4.78, 5) is 24.3. The molecular formula is C12H12ClN3O2S2. The molecule has 0 fully saturated rings. The SMILES string of the molecule is O=c1[nH]nc(SCCSCc2ccc(Cl)cc2)c(=O)[nH]1. The van der Waals surface area contributed by atoms with Crippen molar-refractivity contribution in [3.8, 4) is 0 Å². The Bertz CT molecular complexity index is 669. The van der Waals surface area contributed by atoms with Crippen LogP contribution in [-0.2, 0) is 5.75 Å². The van der Waals surface area contributed by atoms with Crippen molar-refractivity contribution in [2.75, 3.05) is 11.5 Å². The van der Waals surface area contributed by atoms with E-state index in [-0.39, 0.29) is 5.03 Å². The number of aromatic amines is 2. The molecule has 8 heteroatoms. The van der Waals surface area contributed by atoms with Crippen LogP contribution in [0.1, 0.15) is 5.56 Å². The highest BCUT2D eigenvalue weighted by atomic mass is 35.5. The predicted molar refractivity (Wildman–Crippen MR) is 83.8 cm³/mol. The third-order valence-corrected chi connectivity index (χ3v) is 4.83. The minimum atomic E-state index is -0.587. The monoisotopic (exact) mass is 329 g/mol. The van der Waals surface area contributed by atoms with Crippen LogP contribution in [0.3, 0.4) is 0 Å². The molecule has 106 valence electrons. The standard InChI is InChI=1S/C12H12ClN3O2S2/c13-9-3-1-8(2-4-9)7-19-5-6-20-11-10(17)14-12(18)16-15-11/h1-4H,5-7H2,(H2,14,16,17,18). The summed E-state index contributed by atoms with van der Waals surface area (Å²) in [5.74, 6) is 2.53. The van der Waals surface area contributed by atoms with Gasteiger partial charge in [-0.05, 0) is 17.7 Å². The van der Waals surface area contributed by atoms with Gasteiger partial charge in [0.1, 0.15) is 0 Å². The number of benzene rings is 1. The zero-order chi connectivity index (χ0) is 14.4. The molecule has 0 aliphatic heterocycles. The van der Waals surface area contributed by atoms with Crippen molar-refractivity contribution >= 4 is 35.1 Å². The molecule has 0 bridgehead atoms. The number of nitrogens with one attached hydrogen (secondary N) is 2. The highest BCUT2D eigenvalue weighted by molar-refractivity contribution is 8.02. The summed E-state index contributed by atoms with van der Waals surface area (Å²) in [6.45, 7) is 0. The minimum absolute atomic E-state index is 0.289. The number of hydrogen-bond donors (Lipinski definition) is 2. The molecular weight excluding hydrogens is 318 g/mol. The second-order valence-corrected chi connectivity index (χ2v) is 6.46. The van der Waals surface area contributed by atoms with Gasteiger partial charge >= 0.3 is 5.69 Å². The second-order valence-electron chi connectivity index (χ2n) is 3.84. The number of H-pyrrole nitrogens is 2. The van der Waals surface area contributed by atoms with Gasteiger partial charge in [0.05, 0.1) is 0 Å². The first-order chi connectivity index (χ1) is 9.65. The Kier molecular flexibility index (Phi) is 5.75. The predicted octanol–water partition coefficient (Wildman–Crippen LogP) is 2.14. The zero-order valence-corrected chi connectivity index (χ0v) is 12.8. The lowest BCUT2D eigenvalue weighted by Crippen LogP contribution is -2.25. The van der Waals surface area contributed by atoms with Crippen LogP contribution in [-0.4, -0.2) is 26.7 Å². The summed E-state index contributed by atoms with van der Waals surface area (Å²) in [7, 11) is 0. The Balaban J connectivity index is 1.72. The molecule has 2 N–H and O–H groups in total. The molecule has 0 unspecified atom stereocenters. The molecule has 0 spiro atoms. The van der Waals surface area contributed by atoms with Crippen molar-refractivity contribution in [1.29, 1.82) is 0 Å². The van der Waals surface area contributed by atoms with Crippen molar-refractivity contribution < 1.29 is 0 Å². The van der Waals surface area contributed by atoms with Crippen molar-refractivity contribution in [3.05, 3.63) is 55.7 Å². The van der Waals surface area contributed by atoms with Gasteiger partial charge in [-0.3, -0.25) is 9.78 Å². The number of aromatic nitrogens is 3. The fourth-order valence-corrected chi connectivity index (χ4v) is 3.39. The van der Waals surface area contributed by atoms with E-state index >= 15 is 0 Å². The van der Waals surface area contributed by atoms with Crippen molar-refractivity contribution in [2.24, 2.45) is 0 Å². The van der Waals surface area contributed by atoms with E-state index in [2.05, 4.69) is 15.2 Å². The van der Waals surface area contributed by atoms with E-state index in [9.17, 15) is 9.59 Å². The molecule has 2 rings (SSSR count). The summed E-state index contributed by atoms with van der Waals surface area (Å²) >= 11 is 8.91. The van der Waals surface area contributed by atoms with Crippen LogP contribution >= 0.6 is 35.1 Å². The number of rotatable bonds is 6. The van der Waals surface area contributed by atoms with E-state index in [1.807, 2.05) is 24.3 Å². The van der Waals surface area contributed by atoms with E-state index in [0.717, 1.165) is 22.3 Å². The van der Waals surface area contributed by atoms with Crippen molar-refractivity contribution in [1.82, 2.24) is 15.2 Å². The van der Waals surface area contributed by atoms with E-state index in [1.165, 1.54) is 17.3 Å². The molecule has 20 heavy (non-hydrogen) atoms. The molecule has 0 aliphatic carbocycles. The molecule has 0 aliphatic rings. The summed E-state index contributed by atoms with van der Waals surface area (Å²) in [5.41, 5.74) is 0.183. The normalized spacial score (nSPS) is 10.7. The molecule has 0 radical (unpaired) electrons. The van der Waals surface area contributed by atoms with Crippen LogP contribution in [0.4, 0.5) is 0 Å². The highest BCUT2D eigenvalue weighted by Crippen LogP contribution is 2.17. The van der Waals surface area contributed by atoms with Crippen LogP contribution in [0.2, 0.25) is 5.02 Å². The fraction of sp³-hybridized carbons (Fsp3) is 0.250. The Morgan fingerprint density at radius 3 is 2.60 bits per heavy atom. The molecule has 0 saturated carbocycles. The van der Waals surface area contributed by atoms with Gasteiger partial charge in [0.25, 0.3) is 5.56 Å². The van der Waals surface area contributed by atoms with E-state index in [1.54, 1.807) is 11.8 Å². The van der Waals surface area contributed by atoms with Crippen LogP contribution in [0.25, 0.3) is 0 Å². The molecule has 5 nitrogen and oxygen atoms in total. The quantitative estimate of drug-likeness (QED) is 0.627. The van der Waals surface area contributed by atoms with Gasteiger partial charge in [-0.15, -0.1) is 0 Å². The number of halogens is 1.